The van der Waals surface area contributed by atoms with Crippen LogP contribution in [0, 0.1) is 0 Å². The first kappa shape index (κ1) is 15.4. The van der Waals surface area contributed by atoms with Crippen LogP contribution in [-0.2, 0) is 0 Å². The summed E-state index contributed by atoms with van der Waals surface area (Å²) in [7, 11) is 6.31. The Kier molecular flexibility index (Phi) is 4.24. The van der Waals surface area contributed by atoms with Crippen molar-refractivity contribution in [2.24, 2.45) is 0 Å². The molecule has 3 aromatic rings. The molecule has 0 saturated carbocycles. The molecule has 2 heteroatoms. The summed E-state index contributed by atoms with van der Waals surface area (Å²) < 4.78 is 0. The highest BCUT2D eigenvalue weighted by molar-refractivity contribution is 6.03. The molecule has 0 bridgehead atoms. The summed E-state index contributed by atoms with van der Waals surface area (Å²) in [6.45, 7) is 3.18. The molecule has 0 aliphatic rings. The lowest BCUT2D eigenvalue weighted by Crippen LogP contribution is -2.15. The molecule has 23 heavy (non-hydrogen) atoms. The first-order valence-electron chi connectivity index (χ1n) is 8.12. The molecule has 0 amide bonds. The van der Waals surface area contributed by atoms with E-state index in [9.17, 15) is 0 Å². The van der Waals surface area contributed by atoms with E-state index in [2.05, 4.69) is 98.5 Å². The van der Waals surface area contributed by atoms with Gasteiger partial charge < -0.3 is 9.80 Å². The number of nitrogens with zero attached hydrogens (tertiary/aromatic N) is 2. The van der Waals surface area contributed by atoms with E-state index in [0.717, 1.165) is 6.54 Å². The second-order valence-electron chi connectivity index (χ2n) is 6.13. The molecule has 0 spiro atoms. The second kappa shape index (κ2) is 6.33. The van der Waals surface area contributed by atoms with Gasteiger partial charge in [0.1, 0.15) is 0 Å². The van der Waals surface area contributed by atoms with E-state index in [-0.39, 0.29) is 0 Å². The Morgan fingerprint density at radius 1 is 0.739 bits per heavy atom. The molecule has 2 nitrogen and oxygen atoms in total. The summed E-state index contributed by atoms with van der Waals surface area (Å²) in [5, 5.41) is 2.60. The normalized spacial score (nSPS) is 10.8. The van der Waals surface area contributed by atoms with Crippen molar-refractivity contribution in [3.63, 3.8) is 0 Å². The fourth-order valence-electron chi connectivity index (χ4n) is 3.00. The van der Waals surface area contributed by atoms with Crippen LogP contribution < -0.4 is 9.80 Å². The van der Waals surface area contributed by atoms with E-state index in [1.807, 2.05) is 0 Å². The fourth-order valence-corrected chi connectivity index (χ4v) is 3.00. The van der Waals surface area contributed by atoms with Crippen LogP contribution in [0.1, 0.15) is 6.92 Å². The van der Waals surface area contributed by atoms with Crippen LogP contribution in [0.2, 0.25) is 0 Å². The molecule has 0 N–H and O–H groups in total. The van der Waals surface area contributed by atoms with Gasteiger partial charge in [0.2, 0.25) is 0 Å². The molecule has 0 radical (unpaired) electrons. The van der Waals surface area contributed by atoms with Crippen molar-refractivity contribution in [1.29, 1.82) is 0 Å². The van der Waals surface area contributed by atoms with Crippen molar-refractivity contribution in [2.45, 2.75) is 6.92 Å². The number of benzene rings is 3. The van der Waals surface area contributed by atoms with Gasteiger partial charge in [0.15, 0.2) is 0 Å². The summed E-state index contributed by atoms with van der Waals surface area (Å²) in [5.74, 6) is 0. The van der Waals surface area contributed by atoms with Crippen molar-refractivity contribution in [3.05, 3.63) is 60.7 Å². The van der Waals surface area contributed by atoms with Crippen LogP contribution in [0.25, 0.3) is 21.9 Å². The third kappa shape index (κ3) is 2.89. The summed E-state index contributed by atoms with van der Waals surface area (Å²) in [5.41, 5.74) is 5.06. The van der Waals surface area contributed by atoms with Gasteiger partial charge in [-0.15, -0.1) is 0 Å². The maximum absolute atomic E-state index is 2.25. The van der Waals surface area contributed by atoms with Gasteiger partial charge in [-0.1, -0.05) is 42.5 Å². The quantitative estimate of drug-likeness (QED) is 0.667. The molecule has 0 unspecified atom stereocenters. The van der Waals surface area contributed by atoms with Gasteiger partial charge in [-0.3, -0.25) is 0 Å². The summed E-state index contributed by atoms with van der Waals surface area (Å²) in [6.07, 6.45) is 0. The average Bonchev–Trinajstić information content (AvgIpc) is 2.60. The Morgan fingerprint density at radius 2 is 1.39 bits per heavy atom. The standard InChI is InChI=1S/C21H24N2/c1-5-23(4)17-12-10-16(11-13-17)18-14-15-21(22(2)3)20-9-7-6-8-19(18)20/h6-15H,5H2,1-4H3. The van der Waals surface area contributed by atoms with Crippen molar-refractivity contribution in [2.75, 3.05) is 37.5 Å². The van der Waals surface area contributed by atoms with Crippen LogP contribution in [0.3, 0.4) is 0 Å². The minimum atomic E-state index is 1.01. The van der Waals surface area contributed by atoms with E-state index in [4.69, 9.17) is 0 Å². The van der Waals surface area contributed by atoms with Gasteiger partial charge >= 0.3 is 0 Å². The molecular weight excluding hydrogens is 280 g/mol. The van der Waals surface area contributed by atoms with Crippen molar-refractivity contribution < 1.29 is 0 Å². The zero-order valence-electron chi connectivity index (χ0n) is 14.4. The number of fused-ring (bicyclic) bond motifs is 1. The Labute approximate surface area is 139 Å². The molecule has 118 valence electrons. The summed E-state index contributed by atoms with van der Waals surface area (Å²) >= 11 is 0. The first-order chi connectivity index (χ1) is 11.1. The van der Waals surface area contributed by atoms with Crippen LogP contribution in [-0.4, -0.2) is 27.7 Å². The molecule has 0 fully saturated rings. The molecule has 0 aromatic heterocycles. The van der Waals surface area contributed by atoms with Gasteiger partial charge in [0, 0.05) is 44.4 Å². The highest BCUT2D eigenvalue weighted by atomic mass is 15.1. The highest BCUT2D eigenvalue weighted by Crippen LogP contribution is 2.34. The Bertz CT molecular complexity index is 804. The molecule has 3 rings (SSSR count). The Hall–Kier alpha value is -2.48. The molecule has 0 saturated heterocycles. The predicted octanol–water partition coefficient (Wildman–Crippen LogP) is 5.03. The number of anilines is 2. The van der Waals surface area contributed by atoms with Crippen LogP contribution >= 0.6 is 0 Å². The molecule has 0 aliphatic carbocycles. The lowest BCUT2D eigenvalue weighted by molar-refractivity contribution is 0.968. The molecule has 0 heterocycles. The second-order valence-corrected chi connectivity index (χ2v) is 6.13. The van der Waals surface area contributed by atoms with Gasteiger partial charge in [0.25, 0.3) is 0 Å². The van der Waals surface area contributed by atoms with Crippen molar-refractivity contribution in [1.82, 2.24) is 0 Å². The van der Waals surface area contributed by atoms with E-state index < -0.39 is 0 Å². The topological polar surface area (TPSA) is 6.48 Å². The third-order valence-electron chi connectivity index (χ3n) is 4.48. The van der Waals surface area contributed by atoms with E-state index in [1.54, 1.807) is 0 Å². The zero-order chi connectivity index (χ0) is 16.4. The number of hydrogen-bond acceptors (Lipinski definition) is 2. The molecular formula is C21H24N2. The maximum atomic E-state index is 2.25. The highest BCUT2D eigenvalue weighted by Gasteiger charge is 2.09. The largest absolute Gasteiger partial charge is 0.377 e. The average molecular weight is 304 g/mol. The lowest BCUT2D eigenvalue weighted by atomic mass is 9.96. The van der Waals surface area contributed by atoms with Crippen molar-refractivity contribution in [3.8, 4) is 11.1 Å². The zero-order valence-corrected chi connectivity index (χ0v) is 14.4. The van der Waals surface area contributed by atoms with Gasteiger partial charge in [0.05, 0.1) is 0 Å². The lowest BCUT2D eigenvalue weighted by Gasteiger charge is -2.19. The Morgan fingerprint density at radius 3 is 2.00 bits per heavy atom. The fraction of sp³-hybridized carbons (Fsp3) is 0.238. The monoisotopic (exact) mass is 304 g/mol. The first-order valence-corrected chi connectivity index (χ1v) is 8.12. The minimum Gasteiger partial charge on any atom is -0.377 e. The minimum absolute atomic E-state index is 1.01. The predicted molar refractivity (Wildman–Crippen MR) is 103 cm³/mol. The molecule has 0 atom stereocenters. The number of rotatable bonds is 4. The van der Waals surface area contributed by atoms with Gasteiger partial charge in [-0.05, 0) is 41.6 Å². The molecule has 3 aromatic carbocycles. The van der Waals surface area contributed by atoms with E-state index in [0.29, 0.717) is 0 Å². The van der Waals surface area contributed by atoms with Gasteiger partial charge in [-0.25, -0.2) is 0 Å². The maximum Gasteiger partial charge on any atom is 0.0441 e. The van der Waals surface area contributed by atoms with Crippen LogP contribution in [0.15, 0.2) is 60.7 Å². The Balaban J connectivity index is 2.12. The summed E-state index contributed by atoms with van der Waals surface area (Å²) in [4.78, 5) is 4.42. The van der Waals surface area contributed by atoms with Crippen molar-refractivity contribution >= 4 is 22.1 Å². The van der Waals surface area contributed by atoms with Crippen LogP contribution in [0.5, 0.6) is 0 Å². The van der Waals surface area contributed by atoms with Gasteiger partial charge in [-0.2, -0.15) is 0 Å². The van der Waals surface area contributed by atoms with Crippen LogP contribution in [0.4, 0.5) is 11.4 Å². The molecule has 0 aliphatic heterocycles. The smallest absolute Gasteiger partial charge is 0.0441 e. The SMILES string of the molecule is CCN(C)c1ccc(-c2ccc(N(C)C)c3ccccc23)cc1. The van der Waals surface area contributed by atoms with E-state index in [1.165, 1.54) is 33.3 Å². The third-order valence-corrected chi connectivity index (χ3v) is 4.48. The van der Waals surface area contributed by atoms with E-state index >= 15 is 0 Å². The number of hydrogen-bond donors (Lipinski definition) is 0. The summed E-state index contributed by atoms with van der Waals surface area (Å²) in [6, 6.07) is 21.9.